The van der Waals surface area contributed by atoms with Crippen LogP contribution in [0.15, 0.2) is 5.51 Å². The highest BCUT2D eigenvalue weighted by atomic mass is 32.1. The fourth-order valence-electron chi connectivity index (χ4n) is 0.868. The summed E-state index contributed by atoms with van der Waals surface area (Å²) in [5.41, 5.74) is 1.42. The zero-order chi connectivity index (χ0) is 10.6. The van der Waals surface area contributed by atoms with Crippen molar-refractivity contribution in [3.63, 3.8) is 0 Å². The molecule has 0 saturated heterocycles. The minimum atomic E-state index is -0.195. The van der Waals surface area contributed by atoms with E-state index in [4.69, 9.17) is 0 Å². The molecule has 0 atom stereocenters. The molecule has 0 fully saturated rings. The quantitative estimate of drug-likeness (QED) is 0.783. The molecule has 2 N–H and O–H groups in total. The van der Waals surface area contributed by atoms with E-state index in [1.807, 2.05) is 20.8 Å². The summed E-state index contributed by atoms with van der Waals surface area (Å²) in [5.74, 6) is -0.0484. The first kappa shape index (κ1) is 10.9. The molecule has 0 bridgehead atoms. The van der Waals surface area contributed by atoms with E-state index >= 15 is 0 Å². The predicted octanol–water partition coefficient (Wildman–Crippen LogP) is 0.865. The lowest BCUT2D eigenvalue weighted by atomic mass is 10.1. The largest absolute Gasteiger partial charge is 0.351 e. The smallest absolute Gasteiger partial charge is 0.239 e. The maximum absolute atomic E-state index is 11.3. The SMILES string of the molecule is CC(C)(C)NC(=O)CNc1nncs1. The van der Waals surface area contributed by atoms with E-state index in [9.17, 15) is 4.79 Å². The van der Waals surface area contributed by atoms with Crippen LogP contribution in [-0.2, 0) is 4.79 Å². The standard InChI is InChI=1S/C8H14N4OS/c1-8(2,3)11-6(13)4-9-7-12-10-5-14-7/h5H,4H2,1-3H3,(H,9,12)(H,11,13). The molecule has 0 aliphatic rings. The highest BCUT2D eigenvalue weighted by Crippen LogP contribution is 2.06. The Morgan fingerprint density at radius 1 is 1.57 bits per heavy atom. The molecule has 0 saturated carbocycles. The number of rotatable bonds is 3. The first-order chi connectivity index (χ1) is 6.47. The van der Waals surface area contributed by atoms with Gasteiger partial charge in [0.05, 0.1) is 6.54 Å². The molecule has 0 aromatic carbocycles. The van der Waals surface area contributed by atoms with Crippen LogP contribution in [-0.4, -0.2) is 28.2 Å². The van der Waals surface area contributed by atoms with E-state index in [1.165, 1.54) is 11.3 Å². The van der Waals surface area contributed by atoms with Crippen molar-refractivity contribution < 1.29 is 4.79 Å². The minimum absolute atomic E-state index is 0.0484. The number of hydrogen-bond acceptors (Lipinski definition) is 5. The third-order valence-electron chi connectivity index (χ3n) is 1.27. The first-order valence-electron chi connectivity index (χ1n) is 4.28. The highest BCUT2D eigenvalue weighted by Gasteiger charge is 2.13. The molecule has 0 aliphatic carbocycles. The van der Waals surface area contributed by atoms with Crippen LogP contribution >= 0.6 is 11.3 Å². The van der Waals surface area contributed by atoms with Crippen molar-refractivity contribution in [3.8, 4) is 0 Å². The Labute approximate surface area is 86.9 Å². The summed E-state index contributed by atoms with van der Waals surface area (Å²) in [6.07, 6.45) is 0. The molecule has 1 aromatic rings. The Morgan fingerprint density at radius 2 is 2.29 bits per heavy atom. The average molecular weight is 214 g/mol. The molecule has 1 amide bonds. The van der Waals surface area contributed by atoms with Crippen molar-refractivity contribution in [1.29, 1.82) is 0 Å². The maximum atomic E-state index is 11.3. The van der Waals surface area contributed by atoms with Gasteiger partial charge in [-0.1, -0.05) is 11.3 Å². The lowest BCUT2D eigenvalue weighted by Gasteiger charge is -2.20. The first-order valence-corrected chi connectivity index (χ1v) is 5.16. The van der Waals surface area contributed by atoms with Crippen LogP contribution in [0.3, 0.4) is 0 Å². The van der Waals surface area contributed by atoms with Crippen LogP contribution < -0.4 is 10.6 Å². The third-order valence-corrected chi connectivity index (χ3v) is 1.92. The molecule has 78 valence electrons. The second kappa shape index (κ2) is 4.36. The normalized spacial score (nSPS) is 11.1. The summed E-state index contributed by atoms with van der Waals surface area (Å²) in [5, 5.41) is 13.8. The van der Waals surface area contributed by atoms with Crippen molar-refractivity contribution in [2.75, 3.05) is 11.9 Å². The van der Waals surface area contributed by atoms with Crippen LogP contribution in [0.5, 0.6) is 0 Å². The summed E-state index contributed by atoms with van der Waals surface area (Å²) in [6, 6.07) is 0. The van der Waals surface area contributed by atoms with Crippen molar-refractivity contribution in [3.05, 3.63) is 5.51 Å². The Hall–Kier alpha value is -1.17. The van der Waals surface area contributed by atoms with Gasteiger partial charge in [-0.2, -0.15) is 0 Å². The molecule has 14 heavy (non-hydrogen) atoms. The Bertz CT molecular complexity index is 291. The van der Waals surface area contributed by atoms with E-state index < -0.39 is 0 Å². The monoisotopic (exact) mass is 214 g/mol. The van der Waals surface area contributed by atoms with Gasteiger partial charge in [0.15, 0.2) is 0 Å². The number of hydrogen-bond donors (Lipinski definition) is 2. The second-order valence-corrected chi connectivity index (χ2v) is 4.73. The van der Waals surface area contributed by atoms with Gasteiger partial charge in [-0.3, -0.25) is 4.79 Å². The molecule has 6 heteroatoms. The Morgan fingerprint density at radius 3 is 2.79 bits per heavy atom. The third kappa shape index (κ3) is 4.18. The molecule has 1 heterocycles. The lowest BCUT2D eigenvalue weighted by Crippen LogP contribution is -2.43. The molecule has 5 nitrogen and oxygen atoms in total. The number of nitrogens with zero attached hydrogens (tertiary/aromatic N) is 2. The Balaban J connectivity index is 2.29. The van der Waals surface area contributed by atoms with Crippen LogP contribution in [0.2, 0.25) is 0 Å². The topological polar surface area (TPSA) is 66.9 Å². The molecule has 0 spiro atoms. The van der Waals surface area contributed by atoms with Gasteiger partial charge < -0.3 is 10.6 Å². The zero-order valence-corrected chi connectivity index (χ0v) is 9.31. The van der Waals surface area contributed by atoms with Crippen molar-refractivity contribution in [2.24, 2.45) is 0 Å². The van der Waals surface area contributed by atoms with Crippen LogP contribution in [0.25, 0.3) is 0 Å². The molecule has 1 aromatic heterocycles. The summed E-state index contributed by atoms with van der Waals surface area (Å²) in [4.78, 5) is 11.3. The summed E-state index contributed by atoms with van der Waals surface area (Å²) in [6.45, 7) is 6.05. The van der Waals surface area contributed by atoms with Crippen LogP contribution in [0, 0.1) is 0 Å². The van der Waals surface area contributed by atoms with Gasteiger partial charge in [0.2, 0.25) is 11.0 Å². The average Bonchev–Trinajstić information content (AvgIpc) is 2.49. The van der Waals surface area contributed by atoms with E-state index in [0.29, 0.717) is 5.13 Å². The van der Waals surface area contributed by atoms with Crippen molar-refractivity contribution >= 4 is 22.4 Å². The summed E-state index contributed by atoms with van der Waals surface area (Å²) < 4.78 is 0. The van der Waals surface area contributed by atoms with Gasteiger partial charge in [-0.05, 0) is 20.8 Å². The fourth-order valence-corrected chi connectivity index (χ4v) is 1.31. The molecular weight excluding hydrogens is 200 g/mol. The zero-order valence-electron chi connectivity index (χ0n) is 8.50. The van der Waals surface area contributed by atoms with Crippen molar-refractivity contribution in [1.82, 2.24) is 15.5 Å². The van der Waals surface area contributed by atoms with E-state index in [0.717, 1.165) is 0 Å². The van der Waals surface area contributed by atoms with Gasteiger partial charge in [0, 0.05) is 5.54 Å². The number of amides is 1. The van der Waals surface area contributed by atoms with Crippen LogP contribution in [0.1, 0.15) is 20.8 Å². The van der Waals surface area contributed by atoms with E-state index in [2.05, 4.69) is 20.8 Å². The number of aromatic nitrogens is 2. The highest BCUT2D eigenvalue weighted by molar-refractivity contribution is 7.13. The summed E-state index contributed by atoms with van der Waals surface area (Å²) >= 11 is 1.37. The fraction of sp³-hybridized carbons (Fsp3) is 0.625. The second-order valence-electron chi connectivity index (χ2n) is 3.90. The maximum Gasteiger partial charge on any atom is 0.239 e. The molecule has 0 radical (unpaired) electrons. The van der Waals surface area contributed by atoms with Crippen LogP contribution in [0.4, 0.5) is 5.13 Å². The van der Waals surface area contributed by atoms with Crippen molar-refractivity contribution in [2.45, 2.75) is 26.3 Å². The molecule has 1 rings (SSSR count). The lowest BCUT2D eigenvalue weighted by molar-refractivity contribution is -0.120. The Kier molecular flexibility index (Phi) is 3.40. The number of nitrogens with one attached hydrogen (secondary N) is 2. The minimum Gasteiger partial charge on any atom is -0.351 e. The van der Waals surface area contributed by atoms with Gasteiger partial charge in [-0.25, -0.2) is 0 Å². The predicted molar refractivity (Wildman–Crippen MR) is 56.3 cm³/mol. The molecule has 0 unspecified atom stereocenters. The van der Waals surface area contributed by atoms with Gasteiger partial charge in [0.1, 0.15) is 5.51 Å². The van der Waals surface area contributed by atoms with Gasteiger partial charge in [-0.15, -0.1) is 10.2 Å². The number of anilines is 1. The van der Waals surface area contributed by atoms with E-state index in [1.54, 1.807) is 5.51 Å². The number of carbonyl (C=O) groups is 1. The summed E-state index contributed by atoms with van der Waals surface area (Å²) in [7, 11) is 0. The van der Waals surface area contributed by atoms with Gasteiger partial charge >= 0.3 is 0 Å². The molecule has 0 aliphatic heterocycles. The van der Waals surface area contributed by atoms with Gasteiger partial charge in [0.25, 0.3) is 0 Å². The number of carbonyl (C=O) groups excluding carboxylic acids is 1. The van der Waals surface area contributed by atoms with E-state index in [-0.39, 0.29) is 18.0 Å². The molecular formula is C8H14N4OS.